The fourth-order valence-corrected chi connectivity index (χ4v) is 3.35. The van der Waals surface area contributed by atoms with Crippen molar-refractivity contribution in [2.45, 2.75) is 78.1 Å². The second kappa shape index (κ2) is 7.87. The van der Waals surface area contributed by atoms with Crippen LogP contribution in [0.2, 0.25) is 0 Å². The van der Waals surface area contributed by atoms with Gasteiger partial charge in [0.05, 0.1) is 6.61 Å². The monoisotopic (exact) mass is 288 g/mol. The maximum absolute atomic E-state index is 5.85. The first-order valence-corrected chi connectivity index (χ1v) is 8.86. The van der Waals surface area contributed by atoms with Gasteiger partial charge >= 0.3 is 0 Å². The first-order chi connectivity index (χ1) is 10.1. The molecule has 1 atom stereocenters. The zero-order valence-electron chi connectivity index (χ0n) is 14.2. The molecule has 1 heteroatoms. The number of rotatable bonds is 9. The zero-order valence-corrected chi connectivity index (χ0v) is 14.2. The van der Waals surface area contributed by atoms with Gasteiger partial charge in [0.1, 0.15) is 5.75 Å². The molecule has 118 valence electrons. The molecule has 1 fully saturated rings. The lowest BCUT2D eigenvalue weighted by Gasteiger charge is -2.45. The summed E-state index contributed by atoms with van der Waals surface area (Å²) in [5.74, 6) is 1.77. The van der Waals surface area contributed by atoms with Crippen LogP contribution in [-0.4, -0.2) is 6.61 Å². The molecule has 0 amide bonds. The fourth-order valence-electron chi connectivity index (χ4n) is 3.35. The Balaban J connectivity index is 1.66. The van der Waals surface area contributed by atoms with Gasteiger partial charge in [-0.05, 0) is 48.3 Å². The predicted octanol–water partition coefficient (Wildman–Crippen LogP) is 6.33. The molecule has 0 spiro atoms. The van der Waals surface area contributed by atoms with Gasteiger partial charge in [0.25, 0.3) is 0 Å². The topological polar surface area (TPSA) is 9.23 Å². The summed E-state index contributed by atoms with van der Waals surface area (Å²) in [5, 5.41) is 0. The fraction of sp³-hybridized carbons (Fsp3) is 0.700. The predicted molar refractivity (Wildman–Crippen MR) is 91.1 cm³/mol. The molecule has 0 heterocycles. The van der Waals surface area contributed by atoms with Crippen molar-refractivity contribution in [3.63, 3.8) is 0 Å². The molecule has 21 heavy (non-hydrogen) atoms. The molecule has 1 nitrogen and oxygen atoms in total. The molecule has 0 radical (unpaired) electrons. The number of benzene rings is 1. The summed E-state index contributed by atoms with van der Waals surface area (Å²) in [5.41, 5.74) is 1.97. The van der Waals surface area contributed by atoms with Crippen molar-refractivity contribution in [1.29, 1.82) is 0 Å². The normalized spacial score (nSPS) is 20.0. The van der Waals surface area contributed by atoms with Crippen molar-refractivity contribution < 1.29 is 4.74 Å². The molecule has 1 aliphatic carbocycles. The number of ether oxygens (including phenoxy) is 1. The van der Waals surface area contributed by atoms with Crippen molar-refractivity contribution in [3.05, 3.63) is 29.8 Å². The average Bonchev–Trinajstić information content (AvgIpc) is 2.47. The summed E-state index contributed by atoms with van der Waals surface area (Å²) in [6, 6.07) is 8.84. The first kappa shape index (κ1) is 16.4. The summed E-state index contributed by atoms with van der Waals surface area (Å²) in [6.07, 6.45) is 10.6. The van der Waals surface area contributed by atoms with Crippen LogP contribution in [0.4, 0.5) is 0 Å². The minimum Gasteiger partial charge on any atom is -0.494 e. The Labute approximate surface area is 131 Å². The van der Waals surface area contributed by atoms with Crippen molar-refractivity contribution in [2.24, 2.45) is 5.41 Å². The molecule has 0 saturated heterocycles. The minimum absolute atomic E-state index is 0.487. The van der Waals surface area contributed by atoms with E-state index in [0.717, 1.165) is 18.3 Å². The van der Waals surface area contributed by atoms with Crippen LogP contribution >= 0.6 is 0 Å². The van der Waals surface area contributed by atoms with Crippen LogP contribution in [-0.2, 0) is 0 Å². The van der Waals surface area contributed by atoms with Crippen LogP contribution < -0.4 is 4.74 Å². The van der Waals surface area contributed by atoms with E-state index in [9.17, 15) is 0 Å². The third-order valence-electron chi connectivity index (χ3n) is 5.07. The number of hydrogen-bond donors (Lipinski definition) is 0. The van der Waals surface area contributed by atoms with Gasteiger partial charge in [-0.3, -0.25) is 0 Å². The van der Waals surface area contributed by atoms with Gasteiger partial charge in [-0.1, -0.05) is 65.0 Å². The Morgan fingerprint density at radius 3 is 2.24 bits per heavy atom. The highest BCUT2D eigenvalue weighted by atomic mass is 16.5. The van der Waals surface area contributed by atoms with Crippen LogP contribution in [0.5, 0.6) is 5.75 Å². The minimum atomic E-state index is 0.487. The largest absolute Gasteiger partial charge is 0.494 e. The van der Waals surface area contributed by atoms with Crippen molar-refractivity contribution in [2.75, 3.05) is 6.61 Å². The van der Waals surface area contributed by atoms with Gasteiger partial charge in [0.15, 0.2) is 0 Å². The van der Waals surface area contributed by atoms with E-state index < -0.39 is 0 Å². The standard InChI is InChI=1S/C20H32O/c1-4-5-6-7-8-9-16-21-18-12-10-17(11-13-18)19-14-15-20(19,2)3/h10-13,19H,4-9,14-16H2,1-3H3. The lowest BCUT2D eigenvalue weighted by atomic mass is 9.60. The lowest BCUT2D eigenvalue weighted by molar-refractivity contribution is 0.139. The van der Waals surface area contributed by atoms with Gasteiger partial charge in [-0.2, -0.15) is 0 Å². The van der Waals surface area contributed by atoms with Crippen LogP contribution in [0.1, 0.15) is 83.6 Å². The summed E-state index contributed by atoms with van der Waals surface area (Å²) < 4.78 is 5.85. The van der Waals surface area contributed by atoms with E-state index in [1.807, 2.05) is 0 Å². The summed E-state index contributed by atoms with van der Waals surface area (Å²) >= 11 is 0. The molecule has 1 aliphatic rings. The highest BCUT2D eigenvalue weighted by molar-refractivity contribution is 5.31. The van der Waals surface area contributed by atoms with Gasteiger partial charge < -0.3 is 4.74 Å². The number of hydrogen-bond acceptors (Lipinski definition) is 1. The van der Waals surface area contributed by atoms with Crippen molar-refractivity contribution >= 4 is 0 Å². The molecule has 0 aliphatic heterocycles. The molecule has 1 saturated carbocycles. The van der Waals surface area contributed by atoms with Crippen LogP contribution in [0.15, 0.2) is 24.3 Å². The molecule has 0 aromatic heterocycles. The maximum atomic E-state index is 5.85. The number of unbranched alkanes of at least 4 members (excludes halogenated alkanes) is 5. The Kier molecular flexibility index (Phi) is 6.14. The van der Waals surface area contributed by atoms with Crippen LogP contribution in [0.3, 0.4) is 0 Å². The Bertz CT molecular complexity index is 404. The van der Waals surface area contributed by atoms with Gasteiger partial charge in [0.2, 0.25) is 0 Å². The van der Waals surface area contributed by atoms with Crippen LogP contribution in [0.25, 0.3) is 0 Å². The van der Waals surface area contributed by atoms with Crippen molar-refractivity contribution in [1.82, 2.24) is 0 Å². The summed E-state index contributed by atoms with van der Waals surface area (Å²) in [7, 11) is 0. The van der Waals surface area contributed by atoms with Crippen LogP contribution in [0, 0.1) is 5.41 Å². The average molecular weight is 288 g/mol. The van der Waals surface area contributed by atoms with Gasteiger partial charge in [0, 0.05) is 0 Å². The molecule has 1 aromatic carbocycles. The summed E-state index contributed by atoms with van der Waals surface area (Å²) in [4.78, 5) is 0. The molecule has 0 N–H and O–H groups in total. The van der Waals surface area contributed by atoms with E-state index in [1.54, 1.807) is 0 Å². The van der Waals surface area contributed by atoms with E-state index in [1.165, 1.54) is 56.9 Å². The molecular weight excluding hydrogens is 256 g/mol. The molecule has 1 unspecified atom stereocenters. The zero-order chi connectivity index (χ0) is 15.1. The Morgan fingerprint density at radius 2 is 1.67 bits per heavy atom. The third-order valence-corrected chi connectivity index (χ3v) is 5.07. The van der Waals surface area contributed by atoms with E-state index in [-0.39, 0.29) is 0 Å². The third kappa shape index (κ3) is 4.76. The molecular formula is C20H32O. The van der Waals surface area contributed by atoms with E-state index in [4.69, 9.17) is 4.74 Å². The van der Waals surface area contributed by atoms with E-state index in [0.29, 0.717) is 5.41 Å². The summed E-state index contributed by atoms with van der Waals surface area (Å²) in [6.45, 7) is 7.88. The SMILES string of the molecule is CCCCCCCCOc1ccc(C2CCC2(C)C)cc1. The maximum Gasteiger partial charge on any atom is 0.119 e. The van der Waals surface area contributed by atoms with Gasteiger partial charge in [-0.25, -0.2) is 0 Å². The lowest BCUT2D eigenvalue weighted by Crippen LogP contribution is -2.32. The molecule has 1 aromatic rings. The van der Waals surface area contributed by atoms with E-state index in [2.05, 4.69) is 45.0 Å². The quantitative estimate of drug-likeness (QED) is 0.482. The highest BCUT2D eigenvalue weighted by Gasteiger charge is 2.39. The molecule has 0 bridgehead atoms. The smallest absolute Gasteiger partial charge is 0.119 e. The Hall–Kier alpha value is -0.980. The van der Waals surface area contributed by atoms with E-state index >= 15 is 0 Å². The second-order valence-corrected chi connectivity index (χ2v) is 7.27. The Morgan fingerprint density at radius 1 is 1.00 bits per heavy atom. The van der Waals surface area contributed by atoms with Crippen molar-refractivity contribution in [3.8, 4) is 5.75 Å². The van der Waals surface area contributed by atoms with Gasteiger partial charge in [-0.15, -0.1) is 0 Å². The molecule has 2 rings (SSSR count). The second-order valence-electron chi connectivity index (χ2n) is 7.27. The first-order valence-electron chi connectivity index (χ1n) is 8.86. The highest BCUT2D eigenvalue weighted by Crippen LogP contribution is 2.52.